The third-order valence-electron chi connectivity index (χ3n) is 4.24. The average Bonchev–Trinajstić information content (AvgIpc) is 3.03. The van der Waals surface area contributed by atoms with Gasteiger partial charge in [-0.2, -0.15) is 0 Å². The van der Waals surface area contributed by atoms with E-state index in [9.17, 15) is 5.11 Å². The lowest BCUT2D eigenvalue weighted by atomic mass is 9.87. The minimum absolute atomic E-state index is 0.308. The van der Waals surface area contributed by atoms with E-state index in [4.69, 9.17) is 0 Å². The van der Waals surface area contributed by atoms with E-state index in [0.29, 0.717) is 6.04 Å². The monoisotopic (exact) mass is 240 g/mol. The highest BCUT2D eigenvalue weighted by molar-refractivity contribution is 5.00. The highest BCUT2D eigenvalue weighted by Gasteiger charge is 2.43. The van der Waals surface area contributed by atoms with E-state index in [0.717, 1.165) is 38.0 Å². The van der Waals surface area contributed by atoms with Crippen LogP contribution in [0.15, 0.2) is 0 Å². The summed E-state index contributed by atoms with van der Waals surface area (Å²) in [6.45, 7) is 9.62. The molecule has 2 rings (SSSR count). The van der Waals surface area contributed by atoms with Crippen LogP contribution in [-0.2, 0) is 0 Å². The minimum atomic E-state index is -0.509. The second-order valence-electron chi connectivity index (χ2n) is 6.48. The van der Waals surface area contributed by atoms with Gasteiger partial charge in [-0.3, -0.25) is 4.90 Å². The lowest BCUT2D eigenvalue weighted by Crippen LogP contribution is -2.61. The number of hydrogen-bond acceptors (Lipinski definition) is 3. The van der Waals surface area contributed by atoms with E-state index >= 15 is 0 Å². The number of aliphatic hydroxyl groups is 1. The molecule has 3 nitrogen and oxygen atoms in total. The Morgan fingerprint density at radius 2 is 2.12 bits per heavy atom. The Bertz CT molecular complexity index is 249. The van der Waals surface area contributed by atoms with E-state index in [1.165, 1.54) is 19.3 Å². The second-order valence-corrected chi connectivity index (χ2v) is 6.48. The van der Waals surface area contributed by atoms with Crippen molar-refractivity contribution in [3.8, 4) is 0 Å². The summed E-state index contributed by atoms with van der Waals surface area (Å²) in [6.07, 6.45) is 4.76. The molecular weight excluding hydrogens is 212 g/mol. The van der Waals surface area contributed by atoms with Crippen molar-refractivity contribution in [2.24, 2.45) is 5.92 Å². The van der Waals surface area contributed by atoms with Crippen LogP contribution in [0.5, 0.6) is 0 Å². The maximum absolute atomic E-state index is 10.6. The molecule has 100 valence electrons. The molecule has 2 fully saturated rings. The molecule has 17 heavy (non-hydrogen) atoms. The van der Waals surface area contributed by atoms with Crippen LogP contribution in [0.3, 0.4) is 0 Å². The first kappa shape index (κ1) is 13.3. The number of piperidine rings is 1. The van der Waals surface area contributed by atoms with E-state index in [-0.39, 0.29) is 0 Å². The molecule has 0 aromatic heterocycles. The fraction of sp³-hybridized carbons (Fsp3) is 1.00. The van der Waals surface area contributed by atoms with Gasteiger partial charge in [0, 0.05) is 12.6 Å². The first-order chi connectivity index (χ1) is 8.00. The molecule has 0 amide bonds. The van der Waals surface area contributed by atoms with Gasteiger partial charge in [0.1, 0.15) is 0 Å². The van der Waals surface area contributed by atoms with Crippen LogP contribution in [0, 0.1) is 5.92 Å². The zero-order valence-corrected chi connectivity index (χ0v) is 11.6. The van der Waals surface area contributed by atoms with Crippen LogP contribution in [0.2, 0.25) is 0 Å². The number of rotatable bonds is 5. The molecule has 0 radical (unpaired) electrons. The van der Waals surface area contributed by atoms with Crippen LogP contribution in [0.4, 0.5) is 0 Å². The molecule has 0 spiro atoms. The Morgan fingerprint density at radius 1 is 1.41 bits per heavy atom. The maximum Gasteiger partial charge on any atom is 0.0798 e. The van der Waals surface area contributed by atoms with Crippen LogP contribution in [0.1, 0.15) is 46.5 Å². The summed E-state index contributed by atoms with van der Waals surface area (Å²) in [6, 6.07) is 1.05. The number of nitrogens with zero attached hydrogens (tertiary/aromatic N) is 1. The van der Waals surface area contributed by atoms with Gasteiger partial charge >= 0.3 is 0 Å². The summed E-state index contributed by atoms with van der Waals surface area (Å²) >= 11 is 0. The third kappa shape index (κ3) is 3.43. The number of nitrogens with one attached hydrogen (secondary N) is 1. The molecule has 1 saturated carbocycles. The van der Waals surface area contributed by atoms with Crippen molar-refractivity contribution in [3.05, 3.63) is 0 Å². The molecule has 2 atom stereocenters. The van der Waals surface area contributed by atoms with Crippen LogP contribution >= 0.6 is 0 Å². The lowest BCUT2D eigenvalue weighted by Gasteiger charge is -2.44. The van der Waals surface area contributed by atoms with Crippen molar-refractivity contribution in [1.82, 2.24) is 10.2 Å². The van der Waals surface area contributed by atoms with Gasteiger partial charge in [-0.1, -0.05) is 13.8 Å². The van der Waals surface area contributed by atoms with E-state index < -0.39 is 5.60 Å². The number of hydrogen-bond donors (Lipinski definition) is 2. The van der Waals surface area contributed by atoms with Gasteiger partial charge in [0.05, 0.1) is 11.6 Å². The molecule has 2 unspecified atom stereocenters. The highest BCUT2D eigenvalue weighted by atomic mass is 16.3. The first-order valence-electron chi connectivity index (χ1n) is 7.19. The predicted octanol–water partition coefficient (Wildman–Crippen LogP) is 1.61. The Balaban J connectivity index is 1.98. The summed E-state index contributed by atoms with van der Waals surface area (Å²) in [4.78, 5) is 2.58. The molecule has 0 bridgehead atoms. The molecule has 1 heterocycles. The summed E-state index contributed by atoms with van der Waals surface area (Å²) in [5.74, 6) is 0.748. The van der Waals surface area contributed by atoms with Crippen molar-refractivity contribution in [2.75, 3.05) is 19.6 Å². The van der Waals surface area contributed by atoms with Crippen molar-refractivity contribution < 1.29 is 5.11 Å². The zero-order chi connectivity index (χ0) is 12.5. The predicted molar refractivity (Wildman–Crippen MR) is 71.1 cm³/mol. The van der Waals surface area contributed by atoms with Crippen molar-refractivity contribution in [1.29, 1.82) is 0 Å². The van der Waals surface area contributed by atoms with Gasteiger partial charge in [-0.25, -0.2) is 0 Å². The topological polar surface area (TPSA) is 35.5 Å². The van der Waals surface area contributed by atoms with Crippen LogP contribution < -0.4 is 5.32 Å². The van der Waals surface area contributed by atoms with Crippen molar-refractivity contribution >= 4 is 0 Å². The Kier molecular flexibility index (Phi) is 4.11. The van der Waals surface area contributed by atoms with Gasteiger partial charge in [0.2, 0.25) is 0 Å². The fourth-order valence-electron chi connectivity index (χ4n) is 2.85. The largest absolute Gasteiger partial charge is 0.388 e. The third-order valence-corrected chi connectivity index (χ3v) is 4.24. The van der Waals surface area contributed by atoms with Gasteiger partial charge in [-0.15, -0.1) is 0 Å². The standard InChI is InChI=1S/C14H28N2O/c1-11(2)6-9-16(12-4-5-12)13-10-15-8-7-14(13,3)17/h11-13,15,17H,4-10H2,1-3H3. The van der Waals surface area contributed by atoms with Crippen molar-refractivity contribution in [2.45, 2.75) is 64.1 Å². The normalized spacial score (nSPS) is 34.6. The van der Waals surface area contributed by atoms with Crippen molar-refractivity contribution in [3.63, 3.8) is 0 Å². The Labute approximate surface area is 106 Å². The summed E-state index contributed by atoms with van der Waals surface area (Å²) in [5.41, 5.74) is -0.509. The lowest BCUT2D eigenvalue weighted by molar-refractivity contribution is -0.0568. The Hall–Kier alpha value is -0.120. The SMILES string of the molecule is CC(C)CCN(C1CC1)C1CNCCC1(C)O. The quantitative estimate of drug-likeness (QED) is 0.766. The molecule has 1 aliphatic carbocycles. The average molecular weight is 240 g/mol. The maximum atomic E-state index is 10.6. The highest BCUT2D eigenvalue weighted by Crippen LogP contribution is 2.34. The fourth-order valence-corrected chi connectivity index (χ4v) is 2.85. The Morgan fingerprint density at radius 3 is 2.65 bits per heavy atom. The molecule has 2 N–H and O–H groups in total. The summed E-state index contributed by atoms with van der Waals surface area (Å²) in [5, 5.41) is 14.0. The van der Waals surface area contributed by atoms with E-state index in [1.54, 1.807) is 0 Å². The smallest absolute Gasteiger partial charge is 0.0798 e. The summed E-state index contributed by atoms with van der Waals surface area (Å²) in [7, 11) is 0. The van der Waals surface area contributed by atoms with E-state index in [2.05, 4.69) is 24.1 Å². The second kappa shape index (κ2) is 5.25. The molecule has 3 heteroatoms. The van der Waals surface area contributed by atoms with Gasteiger partial charge in [0.25, 0.3) is 0 Å². The molecule has 0 aromatic rings. The molecule has 0 aromatic carbocycles. The van der Waals surface area contributed by atoms with Gasteiger partial charge in [0.15, 0.2) is 0 Å². The molecular formula is C14H28N2O. The minimum Gasteiger partial charge on any atom is -0.388 e. The van der Waals surface area contributed by atoms with Crippen LogP contribution in [0.25, 0.3) is 0 Å². The van der Waals surface area contributed by atoms with Gasteiger partial charge < -0.3 is 10.4 Å². The van der Waals surface area contributed by atoms with Crippen LogP contribution in [-0.4, -0.2) is 47.3 Å². The molecule has 2 aliphatic rings. The van der Waals surface area contributed by atoms with Gasteiger partial charge in [-0.05, 0) is 51.6 Å². The summed E-state index contributed by atoms with van der Waals surface area (Å²) < 4.78 is 0. The van der Waals surface area contributed by atoms with E-state index in [1.807, 2.05) is 6.92 Å². The zero-order valence-electron chi connectivity index (χ0n) is 11.6. The molecule has 1 saturated heterocycles. The first-order valence-corrected chi connectivity index (χ1v) is 7.19. The molecule has 1 aliphatic heterocycles.